The molecule has 0 bridgehead atoms. The molecular weight excluding hydrogens is 254 g/mol. The quantitative estimate of drug-likeness (QED) is 0.762. The molecule has 1 atom stereocenters. The lowest BCUT2D eigenvalue weighted by molar-refractivity contribution is -0.144. The Morgan fingerprint density at radius 1 is 1.30 bits per heavy atom. The number of aliphatic hydroxyl groups is 1. The van der Waals surface area contributed by atoms with E-state index in [4.69, 9.17) is 4.74 Å². The lowest BCUT2D eigenvalue weighted by Crippen LogP contribution is -2.54. The maximum Gasteiger partial charge on any atom is 0.249 e. The Labute approximate surface area is 122 Å². The molecule has 1 unspecified atom stereocenters. The molecule has 1 aliphatic carbocycles. The first-order valence-corrected chi connectivity index (χ1v) is 8.27. The number of carbonyl (C=O) groups excluding carboxylic acids is 1. The van der Waals surface area contributed by atoms with Crippen molar-refractivity contribution in [2.24, 2.45) is 0 Å². The molecule has 1 spiro atoms. The Morgan fingerprint density at radius 2 is 2.05 bits per heavy atom. The number of ether oxygens (including phenoxy) is 1. The van der Waals surface area contributed by atoms with Crippen LogP contribution in [-0.2, 0) is 9.53 Å². The maximum atomic E-state index is 12.4. The fourth-order valence-electron chi connectivity index (χ4n) is 3.75. The number of hydrogen-bond acceptors (Lipinski definition) is 3. The van der Waals surface area contributed by atoms with Crippen LogP contribution in [0.5, 0.6) is 0 Å². The largest absolute Gasteiger partial charge is 0.391 e. The normalized spacial score (nSPS) is 25.3. The summed E-state index contributed by atoms with van der Waals surface area (Å²) in [6.45, 7) is 3.70. The van der Waals surface area contributed by atoms with Crippen molar-refractivity contribution in [1.29, 1.82) is 0 Å². The fourth-order valence-corrected chi connectivity index (χ4v) is 3.75. The second kappa shape index (κ2) is 7.41. The molecule has 1 heterocycles. The summed E-state index contributed by atoms with van der Waals surface area (Å²) in [6.07, 6.45) is 9.11. The van der Waals surface area contributed by atoms with E-state index in [1.807, 2.05) is 4.90 Å². The highest BCUT2D eigenvalue weighted by Gasteiger charge is 2.50. The van der Waals surface area contributed by atoms with Crippen molar-refractivity contribution >= 4 is 5.91 Å². The van der Waals surface area contributed by atoms with Crippen LogP contribution in [0.4, 0.5) is 0 Å². The summed E-state index contributed by atoms with van der Waals surface area (Å²) in [5.74, 6) is 0.0694. The molecule has 1 amide bonds. The predicted octanol–water partition coefficient (Wildman–Crippen LogP) is 2.49. The van der Waals surface area contributed by atoms with Crippen LogP contribution in [0, 0.1) is 0 Å². The second-order valence-corrected chi connectivity index (χ2v) is 6.27. The van der Waals surface area contributed by atoms with Crippen LogP contribution in [-0.4, -0.2) is 47.3 Å². The van der Waals surface area contributed by atoms with Crippen LogP contribution >= 0.6 is 0 Å². The number of amides is 1. The van der Waals surface area contributed by atoms with Gasteiger partial charge in [0.15, 0.2) is 0 Å². The molecule has 0 radical (unpaired) electrons. The van der Waals surface area contributed by atoms with E-state index in [1.165, 1.54) is 12.8 Å². The van der Waals surface area contributed by atoms with E-state index >= 15 is 0 Å². The van der Waals surface area contributed by atoms with Gasteiger partial charge in [-0.1, -0.05) is 39.0 Å². The molecule has 2 aliphatic rings. The fraction of sp³-hybridized carbons (Fsp3) is 0.938. The molecule has 0 aromatic carbocycles. The minimum absolute atomic E-state index is 0.0694. The Kier molecular flexibility index (Phi) is 5.85. The van der Waals surface area contributed by atoms with Crippen LogP contribution in [0.15, 0.2) is 0 Å². The SMILES string of the molecule is CCCCCOCC(=O)N1CCC(O)C12CCCCC2. The Hall–Kier alpha value is -0.610. The third kappa shape index (κ3) is 3.34. The zero-order chi connectivity index (χ0) is 14.4. The minimum atomic E-state index is -0.341. The number of unbranched alkanes of at least 4 members (excludes halogenated alkanes) is 2. The zero-order valence-corrected chi connectivity index (χ0v) is 12.8. The van der Waals surface area contributed by atoms with Gasteiger partial charge in [0.25, 0.3) is 0 Å². The van der Waals surface area contributed by atoms with E-state index in [2.05, 4.69) is 6.92 Å². The van der Waals surface area contributed by atoms with Crippen molar-refractivity contribution in [2.75, 3.05) is 19.8 Å². The van der Waals surface area contributed by atoms with Gasteiger partial charge in [-0.3, -0.25) is 4.79 Å². The average Bonchev–Trinajstić information content (AvgIpc) is 2.76. The van der Waals surface area contributed by atoms with Gasteiger partial charge in [0.2, 0.25) is 5.91 Å². The summed E-state index contributed by atoms with van der Waals surface area (Å²) in [5, 5.41) is 10.3. The lowest BCUT2D eigenvalue weighted by atomic mass is 9.78. The van der Waals surface area contributed by atoms with E-state index in [-0.39, 0.29) is 24.2 Å². The van der Waals surface area contributed by atoms with Crippen molar-refractivity contribution in [2.45, 2.75) is 76.4 Å². The van der Waals surface area contributed by atoms with Crippen LogP contribution in [0.1, 0.15) is 64.7 Å². The standard InChI is InChI=1S/C16H29NO3/c1-2-3-7-12-20-13-15(19)17-11-8-14(18)16(17)9-5-4-6-10-16/h14,18H,2-13H2,1H3. The summed E-state index contributed by atoms with van der Waals surface area (Å²) in [5.41, 5.74) is -0.276. The van der Waals surface area contributed by atoms with Gasteiger partial charge in [-0.2, -0.15) is 0 Å². The van der Waals surface area contributed by atoms with Crippen molar-refractivity contribution in [3.8, 4) is 0 Å². The number of rotatable bonds is 6. The number of aliphatic hydroxyl groups excluding tert-OH is 1. The molecule has 4 nitrogen and oxygen atoms in total. The summed E-state index contributed by atoms with van der Waals surface area (Å²) in [6, 6.07) is 0. The predicted molar refractivity (Wildman–Crippen MR) is 78.5 cm³/mol. The molecule has 0 aromatic heterocycles. The van der Waals surface area contributed by atoms with E-state index in [1.54, 1.807) is 0 Å². The Bertz CT molecular complexity index is 313. The summed E-state index contributed by atoms with van der Waals surface area (Å²) >= 11 is 0. The highest BCUT2D eigenvalue weighted by molar-refractivity contribution is 5.79. The van der Waals surface area contributed by atoms with Crippen molar-refractivity contribution in [3.05, 3.63) is 0 Å². The van der Waals surface area contributed by atoms with Crippen LogP contribution in [0.2, 0.25) is 0 Å². The van der Waals surface area contributed by atoms with Gasteiger partial charge in [-0.15, -0.1) is 0 Å². The molecule has 2 rings (SSSR count). The van der Waals surface area contributed by atoms with Crippen molar-refractivity contribution in [3.63, 3.8) is 0 Å². The topological polar surface area (TPSA) is 49.8 Å². The van der Waals surface area contributed by atoms with Crippen LogP contribution < -0.4 is 0 Å². The number of likely N-dealkylation sites (tertiary alicyclic amines) is 1. The molecule has 1 saturated carbocycles. The number of nitrogens with zero attached hydrogens (tertiary/aromatic N) is 1. The number of hydrogen-bond donors (Lipinski definition) is 1. The summed E-state index contributed by atoms with van der Waals surface area (Å²) in [7, 11) is 0. The van der Waals surface area contributed by atoms with E-state index in [9.17, 15) is 9.90 Å². The van der Waals surface area contributed by atoms with Gasteiger partial charge in [0.1, 0.15) is 6.61 Å². The van der Waals surface area contributed by atoms with Gasteiger partial charge in [-0.05, 0) is 25.7 Å². The highest BCUT2D eigenvalue weighted by atomic mass is 16.5. The third-order valence-corrected chi connectivity index (χ3v) is 4.92. The Balaban J connectivity index is 1.85. The average molecular weight is 283 g/mol. The second-order valence-electron chi connectivity index (χ2n) is 6.27. The van der Waals surface area contributed by atoms with Crippen molar-refractivity contribution < 1.29 is 14.6 Å². The highest BCUT2D eigenvalue weighted by Crippen LogP contribution is 2.41. The Morgan fingerprint density at radius 3 is 2.75 bits per heavy atom. The van der Waals surface area contributed by atoms with Crippen LogP contribution in [0.3, 0.4) is 0 Å². The summed E-state index contributed by atoms with van der Waals surface area (Å²) < 4.78 is 5.51. The van der Waals surface area contributed by atoms with E-state index in [0.717, 1.165) is 44.9 Å². The van der Waals surface area contributed by atoms with Crippen molar-refractivity contribution in [1.82, 2.24) is 4.90 Å². The van der Waals surface area contributed by atoms with Gasteiger partial charge in [0.05, 0.1) is 11.6 Å². The molecule has 4 heteroatoms. The molecule has 20 heavy (non-hydrogen) atoms. The van der Waals surface area contributed by atoms with Crippen LogP contribution in [0.25, 0.3) is 0 Å². The molecular formula is C16H29NO3. The lowest BCUT2D eigenvalue weighted by Gasteiger charge is -2.43. The first-order chi connectivity index (χ1) is 9.70. The number of carbonyl (C=O) groups is 1. The van der Waals surface area contributed by atoms with E-state index < -0.39 is 0 Å². The van der Waals surface area contributed by atoms with Gasteiger partial charge < -0.3 is 14.7 Å². The third-order valence-electron chi connectivity index (χ3n) is 4.92. The molecule has 116 valence electrons. The maximum absolute atomic E-state index is 12.4. The first-order valence-electron chi connectivity index (χ1n) is 8.27. The van der Waals surface area contributed by atoms with Gasteiger partial charge >= 0.3 is 0 Å². The van der Waals surface area contributed by atoms with Gasteiger partial charge in [0, 0.05) is 13.2 Å². The zero-order valence-electron chi connectivity index (χ0n) is 12.8. The minimum Gasteiger partial charge on any atom is -0.391 e. The summed E-state index contributed by atoms with van der Waals surface area (Å²) in [4.78, 5) is 14.3. The monoisotopic (exact) mass is 283 g/mol. The van der Waals surface area contributed by atoms with E-state index in [0.29, 0.717) is 13.2 Å². The van der Waals surface area contributed by atoms with Gasteiger partial charge in [-0.25, -0.2) is 0 Å². The molecule has 2 fully saturated rings. The first kappa shape index (κ1) is 15.8. The molecule has 0 aromatic rings. The molecule has 1 N–H and O–H groups in total. The molecule has 1 aliphatic heterocycles. The molecule has 1 saturated heterocycles. The smallest absolute Gasteiger partial charge is 0.249 e.